The highest BCUT2D eigenvalue weighted by atomic mass is 79.9. The van der Waals surface area contributed by atoms with E-state index in [1.54, 1.807) is 6.20 Å². The normalized spacial score (nSPS) is 10.9. The molecule has 0 spiro atoms. The lowest BCUT2D eigenvalue weighted by Crippen LogP contribution is -2.06. The molecule has 5 heteroatoms. The molecule has 0 aromatic carbocycles. The van der Waals surface area contributed by atoms with Crippen LogP contribution in [0, 0.1) is 13.8 Å². The van der Waals surface area contributed by atoms with Crippen molar-refractivity contribution >= 4 is 15.9 Å². The number of hydrogen-bond donors (Lipinski definition) is 0. The Hall–Kier alpha value is -1.10. The summed E-state index contributed by atoms with van der Waals surface area (Å²) < 4.78 is 5.26. The molecule has 2 aromatic rings. The summed E-state index contributed by atoms with van der Waals surface area (Å²) >= 11 is 3.53. The molecule has 0 amide bonds. The van der Waals surface area contributed by atoms with E-state index in [4.69, 9.17) is 0 Å². The Kier molecular flexibility index (Phi) is 3.43. The molecule has 86 valence electrons. The van der Waals surface area contributed by atoms with Gasteiger partial charge in [0.1, 0.15) is 0 Å². The highest BCUT2D eigenvalue weighted by Gasteiger charge is 2.07. The smallest absolute Gasteiger partial charge is 0.0945 e. The van der Waals surface area contributed by atoms with Crippen LogP contribution < -0.4 is 0 Å². The van der Waals surface area contributed by atoms with E-state index in [2.05, 4.69) is 42.2 Å². The minimum Gasteiger partial charge on any atom is -0.337 e. The quantitative estimate of drug-likeness (QED) is 0.864. The van der Waals surface area contributed by atoms with Gasteiger partial charge >= 0.3 is 0 Å². The van der Waals surface area contributed by atoms with Gasteiger partial charge in [0, 0.05) is 31.2 Å². The maximum atomic E-state index is 4.47. The molecule has 0 saturated carbocycles. The molecule has 2 rings (SSSR count). The van der Waals surface area contributed by atoms with E-state index in [-0.39, 0.29) is 0 Å². The maximum Gasteiger partial charge on any atom is 0.0945 e. The highest BCUT2D eigenvalue weighted by molar-refractivity contribution is 9.10. The van der Waals surface area contributed by atoms with Crippen molar-refractivity contribution in [3.63, 3.8) is 0 Å². The monoisotopic (exact) mass is 282 g/mol. The first-order valence-electron chi connectivity index (χ1n) is 5.33. The highest BCUT2D eigenvalue weighted by Crippen LogP contribution is 2.19. The number of aromatic nitrogens is 4. The number of rotatable bonds is 4. The molecule has 0 fully saturated rings. The largest absolute Gasteiger partial charge is 0.337 e. The van der Waals surface area contributed by atoms with Crippen LogP contribution >= 0.6 is 15.9 Å². The van der Waals surface area contributed by atoms with Crippen LogP contribution in [-0.4, -0.2) is 19.3 Å². The van der Waals surface area contributed by atoms with Crippen LogP contribution in [0.1, 0.15) is 17.8 Å². The number of imidazole rings is 1. The van der Waals surface area contributed by atoms with Gasteiger partial charge in [-0.25, -0.2) is 4.98 Å². The first kappa shape index (κ1) is 11.4. The van der Waals surface area contributed by atoms with E-state index in [9.17, 15) is 0 Å². The summed E-state index contributed by atoms with van der Waals surface area (Å²) in [6.45, 7) is 6.02. The summed E-state index contributed by atoms with van der Waals surface area (Å²) in [5.74, 6) is 0. The molecule has 0 aliphatic rings. The molecule has 16 heavy (non-hydrogen) atoms. The second-order valence-electron chi connectivity index (χ2n) is 3.86. The first-order valence-corrected chi connectivity index (χ1v) is 6.13. The van der Waals surface area contributed by atoms with Gasteiger partial charge in [-0.05, 0) is 36.2 Å². The Labute approximate surface area is 103 Å². The molecule has 2 aromatic heterocycles. The van der Waals surface area contributed by atoms with Crippen LogP contribution in [0.15, 0.2) is 23.2 Å². The van der Waals surface area contributed by atoms with Crippen molar-refractivity contribution in [2.24, 2.45) is 0 Å². The molecule has 0 N–H and O–H groups in total. The summed E-state index contributed by atoms with van der Waals surface area (Å²) in [6.07, 6.45) is 6.69. The number of nitrogens with zero attached hydrogens (tertiary/aromatic N) is 4. The van der Waals surface area contributed by atoms with Crippen molar-refractivity contribution in [2.75, 3.05) is 0 Å². The molecular formula is C11H15BrN4. The average Bonchev–Trinajstić information content (AvgIpc) is 2.85. The Bertz CT molecular complexity index is 459. The lowest BCUT2D eigenvalue weighted by Gasteiger charge is -2.05. The minimum absolute atomic E-state index is 0.941. The summed E-state index contributed by atoms with van der Waals surface area (Å²) in [5.41, 5.74) is 2.25. The fourth-order valence-electron chi connectivity index (χ4n) is 1.71. The van der Waals surface area contributed by atoms with Crippen LogP contribution in [0.25, 0.3) is 0 Å². The second kappa shape index (κ2) is 4.82. The molecule has 4 nitrogen and oxygen atoms in total. The second-order valence-corrected chi connectivity index (χ2v) is 4.66. The molecular weight excluding hydrogens is 268 g/mol. The van der Waals surface area contributed by atoms with Gasteiger partial charge in [-0.15, -0.1) is 0 Å². The fraction of sp³-hybridized carbons (Fsp3) is 0.455. The first-order chi connectivity index (χ1) is 7.68. The third kappa shape index (κ3) is 2.35. The van der Waals surface area contributed by atoms with Gasteiger partial charge in [0.2, 0.25) is 0 Å². The summed E-state index contributed by atoms with van der Waals surface area (Å²) in [5, 5.41) is 4.47. The van der Waals surface area contributed by atoms with Gasteiger partial charge in [-0.2, -0.15) is 5.10 Å². The van der Waals surface area contributed by atoms with Crippen LogP contribution in [0.4, 0.5) is 0 Å². The van der Waals surface area contributed by atoms with E-state index in [0.29, 0.717) is 0 Å². The third-order valence-electron chi connectivity index (χ3n) is 2.64. The van der Waals surface area contributed by atoms with E-state index >= 15 is 0 Å². The topological polar surface area (TPSA) is 35.6 Å². The van der Waals surface area contributed by atoms with E-state index in [0.717, 1.165) is 29.7 Å². The standard InChI is InChI=1S/C11H15BrN4/c1-9-11(12)10(2)16(14-9)6-3-5-15-7-4-13-8-15/h4,7-8H,3,5-6H2,1-2H3. The fourth-order valence-corrected chi connectivity index (χ4v) is 2.00. The van der Waals surface area contributed by atoms with Gasteiger partial charge in [0.25, 0.3) is 0 Å². The predicted molar refractivity (Wildman–Crippen MR) is 66.2 cm³/mol. The van der Waals surface area contributed by atoms with Crippen LogP contribution in [0.5, 0.6) is 0 Å². The minimum atomic E-state index is 0.941. The summed E-state index contributed by atoms with van der Waals surface area (Å²) in [7, 11) is 0. The van der Waals surface area contributed by atoms with Gasteiger partial charge < -0.3 is 4.57 Å². The number of halogens is 1. The van der Waals surface area contributed by atoms with E-state index < -0.39 is 0 Å². The van der Waals surface area contributed by atoms with Gasteiger partial charge in [0.15, 0.2) is 0 Å². The number of aryl methyl sites for hydroxylation is 3. The lowest BCUT2D eigenvalue weighted by atomic mass is 10.4. The number of hydrogen-bond acceptors (Lipinski definition) is 2. The van der Waals surface area contributed by atoms with Crippen molar-refractivity contribution < 1.29 is 0 Å². The molecule has 0 saturated heterocycles. The summed E-state index contributed by atoms with van der Waals surface area (Å²) in [6, 6.07) is 0. The zero-order chi connectivity index (χ0) is 11.5. The molecule has 2 heterocycles. The van der Waals surface area contributed by atoms with E-state index in [1.165, 1.54) is 5.69 Å². The van der Waals surface area contributed by atoms with Gasteiger partial charge in [0.05, 0.1) is 16.5 Å². The van der Waals surface area contributed by atoms with Crippen molar-refractivity contribution in [2.45, 2.75) is 33.4 Å². The Morgan fingerprint density at radius 3 is 2.69 bits per heavy atom. The zero-order valence-electron chi connectivity index (χ0n) is 9.52. The average molecular weight is 283 g/mol. The van der Waals surface area contributed by atoms with Crippen molar-refractivity contribution in [3.8, 4) is 0 Å². The molecule has 0 aliphatic heterocycles. The van der Waals surface area contributed by atoms with Crippen LogP contribution in [0.3, 0.4) is 0 Å². The molecule has 0 atom stereocenters. The predicted octanol–water partition coefficient (Wildman–Crippen LogP) is 2.55. The van der Waals surface area contributed by atoms with Gasteiger partial charge in [-0.3, -0.25) is 4.68 Å². The maximum absolute atomic E-state index is 4.47. The van der Waals surface area contributed by atoms with Crippen LogP contribution in [0.2, 0.25) is 0 Å². The molecule has 0 radical (unpaired) electrons. The Morgan fingerprint density at radius 2 is 2.12 bits per heavy atom. The SMILES string of the molecule is Cc1nn(CCCn2ccnc2)c(C)c1Br. The van der Waals surface area contributed by atoms with Crippen molar-refractivity contribution in [3.05, 3.63) is 34.6 Å². The summed E-state index contributed by atoms with van der Waals surface area (Å²) in [4.78, 5) is 4.02. The molecule has 0 aliphatic carbocycles. The Morgan fingerprint density at radius 1 is 1.31 bits per heavy atom. The van der Waals surface area contributed by atoms with Crippen molar-refractivity contribution in [1.29, 1.82) is 0 Å². The molecule has 0 bridgehead atoms. The van der Waals surface area contributed by atoms with Gasteiger partial charge in [-0.1, -0.05) is 0 Å². The third-order valence-corrected chi connectivity index (χ3v) is 3.79. The molecule has 0 unspecified atom stereocenters. The zero-order valence-corrected chi connectivity index (χ0v) is 11.1. The lowest BCUT2D eigenvalue weighted by molar-refractivity contribution is 0.516. The Balaban J connectivity index is 1.92. The van der Waals surface area contributed by atoms with Crippen molar-refractivity contribution in [1.82, 2.24) is 19.3 Å². The van der Waals surface area contributed by atoms with Crippen LogP contribution in [-0.2, 0) is 13.1 Å². The van der Waals surface area contributed by atoms with E-state index in [1.807, 2.05) is 19.4 Å².